The van der Waals surface area contributed by atoms with E-state index in [1.165, 1.54) is 6.07 Å². The van der Waals surface area contributed by atoms with Gasteiger partial charge in [-0.1, -0.05) is 13.3 Å². The minimum Gasteiger partial charge on any atom is -0.385 e. The van der Waals surface area contributed by atoms with Crippen molar-refractivity contribution in [3.05, 3.63) is 29.3 Å². The monoisotopic (exact) mass is 243 g/mol. The molecule has 0 aliphatic carbocycles. The number of benzene rings is 1. The summed E-state index contributed by atoms with van der Waals surface area (Å²) < 4.78 is 37.7. The van der Waals surface area contributed by atoms with Gasteiger partial charge in [0, 0.05) is 12.2 Å². The molecular weight excluding hydrogens is 227 g/mol. The Bertz CT molecular complexity index is 398. The minimum absolute atomic E-state index is 0.455. The fraction of sp³-hybridized carbons (Fsp3) is 0.538. The van der Waals surface area contributed by atoms with Gasteiger partial charge in [-0.15, -0.1) is 0 Å². The van der Waals surface area contributed by atoms with Crippen LogP contribution in [0.15, 0.2) is 18.2 Å². The van der Waals surface area contributed by atoms with Crippen molar-refractivity contribution < 1.29 is 13.2 Å². The lowest BCUT2D eigenvalue weighted by molar-refractivity contribution is -0.137. The lowest BCUT2D eigenvalue weighted by Gasteiger charge is -2.26. The number of hydrogen-bond acceptors (Lipinski definition) is 1. The molecule has 1 aromatic rings. The summed E-state index contributed by atoms with van der Waals surface area (Å²) in [7, 11) is 0. The Labute approximate surface area is 99.0 Å². The van der Waals surface area contributed by atoms with Gasteiger partial charge in [0.05, 0.1) is 5.56 Å². The number of rotatable bonds is 2. The third-order valence-electron chi connectivity index (χ3n) is 3.22. The van der Waals surface area contributed by atoms with Gasteiger partial charge in [0.25, 0.3) is 0 Å². The Morgan fingerprint density at radius 2 is 2.12 bits per heavy atom. The van der Waals surface area contributed by atoms with Gasteiger partial charge in [0.2, 0.25) is 0 Å². The van der Waals surface area contributed by atoms with E-state index in [4.69, 9.17) is 0 Å². The number of fused-ring (bicyclic) bond motifs is 1. The molecule has 1 N–H and O–H groups in total. The molecule has 1 heterocycles. The molecule has 2 rings (SSSR count). The quantitative estimate of drug-likeness (QED) is 0.825. The van der Waals surface area contributed by atoms with Crippen LogP contribution in [-0.4, -0.2) is 6.54 Å². The summed E-state index contributed by atoms with van der Waals surface area (Å²) in [5.41, 5.74) is 1.10. The topological polar surface area (TPSA) is 12.0 Å². The Kier molecular flexibility index (Phi) is 3.31. The molecule has 94 valence electrons. The molecule has 1 atom stereocenters. The molecule has 0 radical (unpaired) electrons. The van der Waals surface area contributed by atoms with Crippen molar-refractivity contribution in [2.24, 2.45) is 5.92 Å². The number of alkyl halides is 3. The van der Waals surface area contributed by atoms with Crippen LogP contribution in [0.25, 0.3) is 0 Å². The second kappa shape index (κ2) is 4.59. The lowest BCUT2D eigenvalue weighted by Crippen LogP contribution is -2.23. The number of anilines is 1. The maximum atomic E-state index is 12.6. The second-order valence-electron chi connectivity index (χ2n) is 4.61. The molecule has 0 aromatic heterocycles. The standard InChI is InChI=1S/C13H16F3N/c1-2-3-9-6-10-7-11(13(14,15)16)4-5-12(10)17-8-9/h4-5,7,9,17H,2-3,6,8H2,1H3. The molecule has 1 aromatic carbocycles. The summed E-state index contributed by atoms with van der Waals surface area (Å²) in [4.78, 5) is 0. The van der Waals surface area contributed by atoms with Crippen molar-refractivity contribution in [3.63, 3.8) is 0 Å². The van der Waals surface area contributed by atoms with E-state index in [1.54, 1.807) is 6.07 Å². The van der Waals surface area contributed by atoms with Gasteiger partial charge < -0.3 is 5.32 Å². The largest absolute Gasteiger partial charge is 0.416 e. The van der Waals surface area contributed by atoms with E-state index in [0.717, 1.165) is 43.1 Å². The van der Waals surface area contributed by atoms with Gasteiger partial charge in [0.1, 0.15) is 0 Å². The van der Waals surface area contributed by atoms with E-state index in [2.05, 4.69) is 12.2 Å². The van der Waals surface area contributed by atoms with Gasteiger partial charge in [-0.25, -0.2) is 0 Å². The zero-order valence-corrected chi connectivity index (χ0v) is 9.77. The van der Waals surface area contributed by atoms with Crippen molar-refractivity contribution in [2.45, 2.75) is 32.4 Å². The molecule has 1 unspecified atom stereocenters. The smallest absolute Gasteiger partial charge is 0.385 e. The SMILES string of the molecule is CCCC1CNc2ccc(C(F)(F)F)cc2C1. The van der Waals surface area contributed by atoms with Gasteiger partial charge in [-0.05, 0) is 42.5 Å². The molecule has 0 amide bonds. The number of hydrogen-bond donors (Lipinski definition) is 1. The van der Waals surface area contributed by atoms with Crippen molar-refractivity contribution in [1.82, 2.24) is 0 Å². The molecule has 1 nitrogen and oxygen atoms in total. The van der Waals surface area contributed by atoms with Crippen LogP contribution in [0.1, 0.15) is 30.9 Å². The Morgan fingerprint density at radius 3 is 2.76 bits per heavy atom. The van der Waals surface area contributed by atoms with Crippen LogP contribution in [0.4, 0.5) is 18.9 Å². The van der Waals surface area contributed by atoms with Crippen LogP contribution < -0.4 is 5.32 Å². The second-order valence-corrected chi connectivity index (χ2v) is 4.61. The summed E-state index contributed by atoms with van der Waals surface area (Å²) in [6.07, 6.45) is -1.36. The molecule has 4 heteroatoms. The molecule has 0 saturated heterocycles. The first kappa shape index (κ1) is 12.3. The Balaban J connectivity index is 2.23. The van der Waals surface area contributed by atoms with E-state index in [-0.39, 0.29) is 0 Å². The van der Waals surface area contributed by atoms with Gasteiger partial charge in [0.15, 0.2) is 0 Å². The fourth-order valence-corrected chi connectivity index (χ4v) is 2.36. The first-order valence-electron chi connectivity index (χ1n) is 5.94. The number of nitrogens with one attached hydrogen (secondary N) is 1. The first-order valence-corrected chi connectivity index (χ1v) is 5.94. The summed E-state index contributed by atoms with van der Waals surface area (Å²) in [5, 5.41) is 3.21. The van der Waals surface area contributed by atoms with Gasteiger partial charge >= 0.3 is 6.18 Å². The zero-order chi connectivity index (χ0) is 12.5. The molecule has 0 saturated carbocycles. The van der Waals surface area contributed by atoms with Crippen molar-refractivity contribution >= 4 is 5.69 Å². The first-order chi connectivity index (χ1) is 8.00. The third kappa shape index (κ3) is 2.73. The predicted molar refractivity (Wildman–Crippen MR) is 62.0 cm³/mol. The molecule has 1 aliphatic heterocycles. The van der Waals surface area contributed by atoms with Crippen LogP contribution in [0, 0.1) is 5.92 Å². The van der Waals surface area contributed by atoms with E-state index >= 15 is 0 Å². The highest BCUT2D eigenvalue weighted by atomic mass is 19.4. The van der Waals surface area contributed by atoms with E-state index in [0.29, 0.717) is 5.92 Å². The van der Waals surface area contributed by atoms with Crippen LogP contribution in [0.3, 0.4) is 0 Å². The van der Waals surface area contributed by atoms with Crippen LogP contribution in [0.2, 0.25) is 0 Å². The highest BCUT2D eigenvalue weighted by Gasteiger charge is 2.31. The minimum atomic E-state index is -4.24. The van der Waals surface area contributed by atoms with Gasteiger partial charge in [-0.2, -0.15) is 13.2 Å². The molecule has 17 heavy (non-hydrogen) atoms. The highest BCUT2D eigenvalue weighted by Crippen LogP contribution is 2.34. The molecular formula is C13H16F3N. The summed E-state index contributed by atoms with van der Waals surface area (Å²) >= 11 is 0. The summed E-state index contributed by atoms with van der Waals surface area (Å²) in [5.74, 6) is 0.455. The van der Waals surface area contributed by atoms with E-state index < -0.39 is 11.7 Å². The molecule has 0 spiro atoms. The molecule has 1 aliphatic rings. The maximum Gasteiger partial charge on any atom is 0.416 e. The summed E-state index contributed by atoms with van der Waals surface area (Å²) in [6.45, 7) is 2.97. The average molecular weight is 243 g/mol. The third-order valence-corrected chi connectivity index (χ3v) is 3.22. The van der Waals surface area contributed by atoms with E-state index in [1.807, 2.05) is 0 Å². The molecule has 0 fully saturated rings. The van der Waals surface area contributed by atoms with Crippen molar-refractivity contribution in [2.75, 3.05) is 11.9 Å². The summed E-state index contributed by atoms with van der Waals surface area (Å²) in [6, 6.07) is 3.97. The highest BCUT2D eigenvalue weighted by molar-refractivity contribution is 5.55. The van der Waals surface area contributed by atoms with Crippen LogP contribution in [-0.2, 0) is 12.6 Å². The molecule has 0 bridgehead atoms. The zero-order valence-electron chi connectivity index (χ0n) is 9.77. The Hall–Kier alpha value is -1.19. The average Bonchev–Trinajstić information content (AvgIpc) is 2.27. The maximum absolute atomic E-state index is 12.6. The van der Waals surface area contributed by atoms with Crippen molar-refractivity contribution in [3.8, 4) is 0 Å². The normalized spacial score (nSPS) is 19.6. The Morgan fingerprint density at radius 1 is 1.35 bits per heavy atom. The van der Waals surface area contributed by atoms with Crippen molar-refractivity contribution in [1.29, 1.82) is 0 Å². The van der Waals surface area contributed by atoms with Gasteiger partial charge in [-0.3, -0.25) is 0 Å². The van der Waals surface area contributed by atoms with Crippen LogP contribution >= 0.6 is 0 Å². The number of halogens is 3. The fourth-order valence-electron chi connectivity index (χ4n) is 2.36. The van der Waals surface area contributed by atoms with E-state index in [9.17, 15) is 13.2 Å². The lowest BCUT2D eigenvalue weighted by atomic mass is 9.90. The predicted octanol–water partition coefficient (Wildman–Crippen LogP) is 4.09. The van der Waals surface area contributed by atoms with Crippen LogP contribution in [0.5, 0.6) is 0 Å².